The topological polar surface area (TPSA) is 45.2 Å². The zero-order valence-corrected chi connectivity index (χ0v) is 16.5. The molecule has 0 aromatic carbocycles. The third-order valence-corrected chi connectivity index (χ3v) is 5.72. The van der Waals surface area contributed by atoms with Crippen LogP contribution in [-0.2, 0) is 0 Å². The van der Waals surface area contributed by atoms with Gasteiger partial charge in [-0.3, -0.25) is 9.78 Å². The molecule has 1 fully saturated rings. The van der Waals surface area contributed by atoms with Gasteiger partial charge in [-0.1, -0.05) is 12.2 Å². The standard InChI is InChI=1S/C22H28F3N3O/c23-22(24,25)20-6-2-1-4-18(20)8-7-17-9-13-28(14-10-17)15-12-27-21(29)19-5-3-11-26-16-19/h3-6,11,16-17H,1-2,7-10,12-15H2,(H,27,29). The first-order valence-electron chi connectivity index (χ1n) is 10.3. The van der Waals surface area contributed by atoms with E-state index in [1.165, 1.54) is 6.08 Å². The van der Waals surface area contributed by atoms with Gasteiger partial charge < -0.3 is 10.2 Å². The van der Waals surface area contributed by atoms with E-state index in [9.17, 15) is 18.0 Å². The van der Waals surface area contributed by atoms with Gasteiger partial charge in [0, 0.05) is 25.5 Å². The summed E-state index contributed by atoms with van der Waals surface area (Å²) < 4.78 is 39.4. The van der Waals surface area contributed by atoms with Crippen molar-refractivity contribution in [3.8, 4) is 0 Å². The second kappa shape index (κ2) is 10.1. The molecule has 1 N–H and O–H groups in total. The summed E-state index contributed by atoms with van der Waals surface area (Å²) in [7, 11) is 0. The number of rotatable bonds is 7. The predicted molar refractivity (Wildman–Crippen MR) is 106 cm³/mol. The molecule has 0 radical (unpaired) electrons. The summed E-state index contributed by atoms with van der Waals surface area (Å²) in [4.78, 5) is 18.3. The first-order valence-corrected chi connectivity index (χ1v) is 10.3. The fourth-order valence-corrected chi connectivity index (χ4v) is 4.05. The maximum absolute atomic E-state index is 13.1. The minimum Gasteiger partial charge on any atom is -0.351 e. The fraction of sp³-hybridized carbons (Fsp3) is 0.545. The molecule has 0 atom stereocenters. The number of nitrogens with zero attached hydrogens (tertiary/aromatic N) is 2. The van der Waals surface area contributed by atoms with E-state index in [0.29, 0.717) is 42.9 Å². The number of aromatic nitrogens is 1. The van der Waals surface area contributed by atoms with Crippen molar-refractivity contribution in [2.75, 3.05) is 26.2 Å². The summed E-state index contributed by atoms with van der Waals surface area (Å²) in [5.41, 5.74) is 0.602. The summed E-state index contributed by atoms with van der Waals surface area (Å²) in [5.74, 6) is 0.343. The van der Waals surface area contributed by atoms with E-state index in [0.717, 1.165) is 38.9 Å². The molecular weight excluding hydrogens is 379 g/mol. The van der Waals surface area contributed by atoms with Crippen molar-refractivity contribution in [2.45, 2.75) is 44.7 Å². The lowest BCUT2D eigenvalue weighted by Crippen LogP contribution is -2.39. The Morgan fingerprint density at radius 2 is 1.97 bits per heavy atom. The second-order valence-electron chi connectivity index (χ2n) is 7.74. The molecule has 0 bridgehead atoms. The summed E-state index contributed by atoms with van der Waals surface area (Å²) in [6, 6.07) is 3.46. The number of amides is 1. The van der Waals surface area contributed by atoms with Gasteiger partial charge in [0.1, 0.15) is 0 Å². The lowest BCUT2D eigenvalue weighted by molar-refractivity contribution is -0.0901. The highest BCUT2D eigenvalue weighted by Gasteiger charge is 2.36. The van der Waals surface area contributed by atoms with Crippen LogP contribution in [0.2, 0.25) is 0 Å². The maximum atomic E-state index is 13.1. The number of carbonyl (C=O) groups excluding carboxylic acids is 1. The minimum absolute atomic E-state index is 0.123. The number of likely N-dealkylation sites (tertiary alicyclic amines) is 1. The molecule has 1 aliphatic heterocycles. The largest absolute Gasteiger partial charge is 0.416 e. The van der Waals surface area contributed by atoms with Crippen LogP contribution >= 0.6 is 0 Å². The van der Waals surface area contributed by atoms with Crippen LogP contribution in [0.25, 0.3) is 0 Å². The molecule has 1 saturated heterocycles. The van der Waals surface area contributed by atoms with Crippen LogP contribution in [0.3, 0.4) is 0 Å². The summed E-state index contributed by atoms with van der Waals surface area (Å²) in [5, 5.41) is 2.90. The van der Waals surface area contributed by atoms with E-state index in [2.05, 4.69) is 15.2 Å². The number of hydrogen-bond acceptors (Lipinski definition) is 3. The van der Waals surface area contributed by atoms with Crippen molar-refractivity contribution >= 4 is 5.91 Å². The Balaban J connectivity index is 1.35. The number of pyridine rings is 1. The molecule has 4 nitrogen and oxygen atoms in total. The molecule has 158 valence electrons. The van der Waals surface area contributed by atoms with Crippen LogP contribution in [-0.4, -0.2) is 48.1 Å². The van der Waals surface area contributed by atoms with Crippen molar-refractivity contribution < 1.29 is 18.0 Å². The molecule has 0 saturated carbocycles. The van der Waals surface area contributed by atoms with Crippen LogP contribution in [0.4, 0.5) is 13.2 Å². The summed E-state index contributed by atoms with van der Waals surface area (Å²) in [6.45, 7) is 3.21. The molecule has 3 rings (SSSR count). The van der Waals surface area contributed by atoms with Crippen molar-refractivity contribution in [2.24, 2.45) is 5.92 Å². The van der Waals surface area contributed by atoms with E-state index in [1.807, 2.05) is 0 Å². The van der Waals surface area contributed by atoms with Gasteiger partial charge in [-0.05, 0) is 75.2 Å². The van der Waals surface area contributed by atoms with Crippen LogP contribution in [0.5, 0.6) is 0 Å². The maximum Gasteiger partial charge on any atom is 0.416 e. The van der Waals surface area contributed by atoms with Gasteiger partial charge in [0.05, 0.1) is 11.1 Å². The van der Waals surface area contributed by atoms with E-state index in [4.69, 9.17) is 0 Å². The molecule has 1 aromatic heterocycles. The lowest BCUT2D eigenvalue weighted by Gasteiger charge is -2.32. The molecule has 0 spiro atoms. The molecule has 1 aromatic rings. The predicted octanol–water partition coefficient (Wildman–Crippen LogP) is 4.51. The Labute approximate surface area is 169 Å². The van der Waals surface area contributed by atoms with Crippen LogP contribution in [0.15, 0.2) is 47.8 Å². The first kappa shape index (κ1) is 21.6. The van der Waals surface area contributed by atoms with E-state index in [1.54, 1.807) is 30.6 Å². The minimum atomic E-state index is -4.24. The average Bonchev–Trinajstić information content (AvgIpc) is 2.73. The van der Waals surface area contributed by atoms with Gasteiger partial charge >= 0.3 is 6.18 Å². The van der Waals surface area contributed by atoms with Crippen molar-refractivity contribution in [1.29, 1.82) is 0 Å². The second-order valence-corrected chi connectivity index (χ2v) is 7.74. The van der Waals surface area contributed by atoms with Gasteiger partial charge in [-0.25, -0.2) is 0 Å². The number of alkyl halides is 3. The number of halogens is 3. The molecular formula is C22H28F3N3O. The molecule has 2 heterocycles. The van der Waals surface area contributed by atoms with Crippen LogP contribution in [0, 0.1) is 5.92 Å². The zero-order valence-electron chi connectivity index (χ0n) is 16.5. The van der Waals surface area contributed by atoms with Gasteiger partial charge in [-0.15, -0.1) is 0 Å². The molecule has 29 heavy (non-hydrogen) atoms. The normalized spacial score (nSPS) is 18.9. The quantitative estimate of drug-likeness (QED) is 0.723. The Morgan fingerprint density at radius 3 is 2.66 bits per heavy atom. The van der Waals surface area contributed by atoms with Crippen LogP contribution < -0.4 is 5.32 Å². The molecule has 2 aliphatic rings. The summed E-state index contributed by atoms with van der Waals surface area (Å²) >= 11 is 0. The Bertz CT molecular complexity index is 735. The van der Waals surface area contributed by atoms with Crippen molar-refractivity contribution in [1.82, 2.24) is 15.2 Å². The highest BCUT2D eigenvalue weighted by molar-refractivity contribution is 5.93. The highest BCUT2D eigenvalue weighted by Crippen LogP contribution is 2.37. The van der Waals surface area contributed by atoms with E-state index in [-0.39, 0.29) is 5.91 Å². The Hall–Kier alpha value is -2.15. The van der Waals surface area contributed by atoms with Gasteiger partial charge in [0.25, 0.3) is 5.91 Å². The summed E-state index contributed by atoms with van der Waals surface area (Å²) in [6.07, 6.45) is 6.54. The third-order valence-electron chi connectivity index (χ3n) is 5.72. The molecule has 0 unspecified atom stereocenters. The average molecular weight is 407 g/mol. The number of carbonyl (C=O) groups is 1. The third kappa shape index (κ3) is 6.42. The highest BCUT2D eigenvalue weighted by atomic mass is 19.4. The lowest BCUT2D eigenvalue weighted by atomic mass is 9.87. The number of piperidine rings is 1. The molecule has 1 aliphatic carbocycles. The van der Waals surface area contributed by atoms with Gasteiger partial charge in [-0.2, -0.15) is 13.2 Å². The van der Waals surface area contributed by atoms with Gasteiger partial charge in [0.2, 0.25) is 0 Å². The Kier molecular flexibility index (Phi) is 7.47. The van der Waals surface area contributed by atoms with E-state index < -0.39 is 11.7 Å². The Morgan fingerprint density at radius 1 is 1.21 bits per heavy atom. The fourth-order valence-electron chi connectivity index (χ4n) is 4.05. The van der Waals surface area contributed by atoms with Crippen LogP contribution in [0.1, 0.15) is 48.9 Å². The number of hydrogen-bond donors (Lipinski definition) is 1. The zero-order chi connectivity index (χ0) is 20.7. The van der Waals surface area contributed by atoms with Crippen molar-refractivity contribution in [3.63, 3.8) is 0 Å². The number of allylic oxidation sites excluding steroid dienone is 4. The van der Waals surface area contributed by atoms with Crippen molar-refractivity contribution in [3.05, 3.63) is 53.4 Å². The van der Waals surface area contributed by atoms with Gasteiger partial charge in [0.15, 0.2) is 0 Å². The van der Waals surface area contributed by atoms with E-state index >= 15 is 0 Å². The SMILES string of the molecule is O=C(NCCN1CCC(CCC2=CCCC=C2C(F)(F)F)CC1)c1cccnc1. The smallest absolute Gasteiger partial charge is 0.351 e. The first-order chi connectivity index (χ1) is 13.9. The molecule has 1 amide bonds. The number of nitrogens with one attached hydrogen (secondary N) is 1. The monoisotopic (exact) mass is 407 g/mol. The molecule has 7 heteroatoms.